The van der Waals surface area contributed by atoms with Gasteiger partial charge in [-0.1, -0.05) is 0 Å². The molecule has 0 fully saturated rings. The average molecular weight is 343 g/mol. The Morgan fingerprint density at radius 3 is 2.71 bits per heavy atom. The number of rotatable bonds is 5. The Balaban J connectivity index is 2.91. The van der Waals surface area contributed by atoms with E-state index in [1.807, 2.05) is 0 Å². The minimum absolute atomic E-state index is 0.0250. The molecule has 1 aromatic heterocycles. The molecule has 0 atom stereocenters. The zero-order valence-electron chi connectivity index (χ0n) is 9.23. The third kappa shape index (κ3) is 4.64. The van der Waals surface area contributed by atoms with Crippen molar-refractivity contribution < 1.29 is 22.1 Å². The second-order valence-electron chi connectivity index (χ2n) is 3.12. The summed E-state index contributed by atoms with van der Waals surface area (Å²) < 4.78 is 32.3. The van der Waals surface area contributed by atoms with Crippen LogP contribution in [-0.4, -0.2) is 27.2 Å². The largest absolute Gasteiger partial charge is 0.466 e. The zero-order chi connectivity index (χ0) is 13.1. The molecule has 17 heavy (non-hydrogen) atoms. The van der Waals surface area contributed by atoms with Crippen LogP contribution in [0.4, 0.5) is 0 Å². The van der Waals surface area contributed by atoms with Gasteiger partial charge in [0.05, 0.1) is 19.3 Å². The van der Waals surface area contributed by atoms with Gasteiger partial charge >= 0.3 is 16.1 Å². The lowest BCUT2D eigenvalue weighted by atomic mass is 10.2. The number of hydrogen-bond donors (Lipinski definition) is 0. The second-order valence-corrected chi connectivity index (χ2v) is 6.39. The van der Waals surface area contributed by atoms with Gasteiger partial charge < -0.3 is 8.92 Å². The summed E-state index contributed by atoms with van der Waals surface area (Å²) in [6.07, 6.45) is 0.928. The molecule has 0 aliphatic heterocycles. The molecule has 8 heteroatoms. The minimum atomic E-state index is -3.60. The van der Waals surface area contributed by atoms with Gasteiger partial charge in [-0.2, -0.15) is 8.42 Å². The molecule has 0 aliphatic rings. The SMILES string of the molecule is CCOC(=O)Cc1c(Br)csc1OS(C)(=O)=O. The number of carbonyl (C=O) groups is 1. The van der Waals surface area contributed by atoms with Gasteiger partial charge in [-0.15, -0.1) is 11.3 Å². The van der Waals surface area contributed by atoms with Gasteiger partial charge in [0, 0.05) is 15.4 Å². The number of hydrogen-bond acceptors (Lipinski definition) is 6. The van der Waals surface area contributed by atoms with E-state index in [2.05, 4.69) is 15.9 Å². The van der Waals surface area contributed by atoms with Gasteiger partial charge in [0.1, 0.15) is 0 Å². The van der Waals surface area contributed by atoms with E-state index >= 15 is 0 Å². The van der Waals surface area contributed by atoms with Crippen LogP contribution in [0.1, 0.15) is 12.5 Å². The van der Waals surface area contributed by atoms with Gasteiger partial charge in [0.25, 0.3) is 0 Å². The number of ether oxygens (including phenoxy) is 1. The fourth-order valence-corrected chi connectivity index (χ4v) is 3.38. The first-order valence-corrected chi connectivity index (χ1v) is 8.13. The maximum Gasteiger partial charge on any atom is 0.310 e. The molecule has 0 unspecified atom stereocenters. The van der Waals surface area contributed by atoms with Crippen LogP contribution in [0.3, 0.4) is 0 Å². The molecule has 0 aromatic carbocycles. The third-order valence-corrected chi connectivity index (χ3v) is 4.14. The molecule has 0 amide bonds. The summed E-state index contributed by atoms with van der Waals surface area (Å²) in [5.74, 6) is -0.426. The molecule has 0 spiro atoms. The molecule has 1 heterocycles. The summed E-state index contributed by atoms with van der Waals surface area (Å²) in [6, 6.07) is 0. The summed E-state index contributed by atoms with van der Waals surface area (Å²) in [7, 11) is -3.60. The van der Waals surface area contributed by atoms with E-state index in [-0.39, 0.29) is 18.1 Å². The van der Waals surface area contributed by atoms with E-state index in [0.29, 0.717) is 10.0 Å². The Morgan fingerprint density at radius 2 is 2.18 bits per heavy atom. The lowest BCUT2D eigenvalue weighted by molar-refractivity contribution is -0.142. The standard InChI is InChI=1S/C9H11BrO5S2/c1-3-14-8(11)4-6-7(10)5-16-9(6)15-17(2,12)13/h5H,3-4H2,1-2H3. The summed E-state index contributed by atoms with van der Waals surface area (Å²) in [5, 5.41) is 1.85. The van der Waals surface area contributed by atoms with Crippen molar-refractivity contribution in [3.8, 4) is 5.06 Å². The highest BCUT2D eigenvalue weighted by Gasteiger charge is 2.18. The summed E-state index contributed by atoms with van der Waals surface area (Å²) >= 11 is 4.34. The highest BCUT2D eigenvalue weighted by atomic mass is 79.9. The highest BCUT2D eigenvalue weighted by Crippen LogP contribution is 2.35. The van der Waals surface area contributed by atoms with Crippen LogP contribution < -0.4 is 4.18 Å². The molecule has 0 saturated heterocycles. The smallest absolute Gasteiger partial charge is 0.310 e. The number of halogens is 1. The minimum Gasteiger partial charge on any atom is -0.466 e. The van der Waals surface area contributed by atoms with Crippen molar-refractivity contribution in [3.63, 3.8) is 0 Å². The monoisotopic (exact) mass is 342 g/mol. The Kier molecular flexibility index (Phi) is 4.96. The normalized spacial score (nSPS) is 11.2. The quantitative estimate of drug-likeness (QED) is 0.604. The first-order valence-electron chi connectivity index (χ1n) is 4.64. The van der Waals surface area contributed by atoms with Crippen LogP contribution in [0.2, 0.25) is 0 Å². The molecule has 1 rings (SSSR count). The summed E-state index contributed by atoms with van der Waals surface area (Å²) in [5.41, 5.74) is 0.485. The Bertz CT molecular complexity index is 505. The van der Waals surface area contributed by atoms with Crippen LogP contribution in [0.15, 0.2) is 9.85 Å². The highest BCUT2D eigenvalue weighted by molar-refractivity contribution is 9.10. The van der Waals surface area contributed by atoms with Crippen molar-refractivity contribution >= 4 is 43.4 Å². The van der Waals surface area contributed by atoms with E-state index < -0.39 is 16.1 Å². The number of thiophene rings is 1. The topological polar surface area (TPSA) is 69.7 Å². The van der Waals surface area contributed by atoms with Crippen molar-refractivity contribution in [2.75, 3.05) is 12.9 Å². The van der Waals surface area contributed by atoms with Crippen molar-refractivity contribution in [2.45, 2.75) is 13.3 Å². The molecule has 96 valence electrons. The fraction of sp³-hybridized carbons (Fsp3) is 0.444. The van der Waals surface area contributed by atoms with Crippen LogP contribution in [0.25, 0.3) is 0 Å². The fourth-order valence-electron chi connectivity index (χ4n) is 1.07. The molecule has 0 saturated carbocycles. The Morgan fingerprint density at radius 1 is 1.53 bits per heavy atom. The second kappa shape index (κ2) is 5.83. The number of carbonyl (C=O) groups excluding carboxylic acids is 1. The van der Waals surface area contributed by atoms with E-state index in [4.69, 9.17) is 8.92 Å². The zero-order valence-corrected chi connectivity index (χ0v) is 12.4. The predicted octanol–water partition coefficient (Wildman–Crippen LogP) is 1.95. The van der Waals surface area contributed by atoms with Crippen LogP contribution in [0, 0.1) is 0 Å². The van der Waals surface area contributed by atoms with Crippen molar-refractivity contribution in [1.29, 1.82) is 0 Å². The van der Waals surface area contributed by atoms with Crippen LogP contribution in [-0.2, 0) is 26.1 Å². The van der Waals surface area contributed by atoms with Gasteiger partial charge in [-0.05, 0) is 22.9 Å². The van der Waals surface area contributed by atoms with Crippen molar-refractivity contribution in [2.24, 2.45) is 0 Å². The van der Waals surface area contributed by atoms with E-state index in [0.717, 1.165) is 17.6 Å². The lowest BCUT2D eigenvalue weighted by Crippen LogP contribution is -2.10. The molecule has 0 N–H and O–H groups in total. The van der Waals surface area contributed by atoms with Gasteiger partial charge in [0.2, 0.25) is 5.06 Å². The van der Waals surface area contributed by atoms with Crippen LogP contribution >= 0.6 is 27.3 Å². The van der Waals surface area contributed by atoms with Crippen molar-refractivity contribution in [3.05, 3.63) is 15.4 Å². The molecule has 5 nitrogen and oxygen atoms in total. The van der Waals surface area contributed by atoms with E-state index in [1.54, 1.807) is 12.3 Å². The Labute approximate surface area is 112 Å². The third-order valence-electron chi connectivity index (χ3n) is 1.66. The molecule has 1 aromatic rings. The van der Waals surface area contributed by atoms with E-state index in [9.17, 15) is 13.2 Å². The maximum atomic E-state index is 11.3. The first kappa shape index (κ1) is 14.5. The predicted molar refractivity (Wildman–Crippen MR) is 67.8 cm³/mol. The average Bonchev–Trinajstić information content (AvgIpc) is 2.48. The van der Waals surface area contributed by atoms with Gasteiger partial charge in [-0.3, -0.25) is 4.79 Å². The molecular weight excluding hydrogens is 332 g/mol. The van der Waals surface area contributed by atoms with E-state index in [1.165, 1.54) is 0 Å². The molecular formula is C9H11BrO5S2. The van der Waals surface area contributed by atoms with Gasteiger partial charge in [0.15, 0.2) is 0 Å². The first-order chi connectivity index (χ1) is 7.83. The summed E-state index contributed by atoms with van der Waals surface area (Å²) in [4.78, 5) is 11.3. The number of esters is 1. The summed E-state index contributed by atoms with van der Waals surface area (Å²) in [6.45, 7) is 1.98. The molecule has 0 aliphatic carbocycles. The van der Waals surface area contributed by atoms with Gasteiger partial charge in [-0.25, -0.2) is 0 Å². The maximum absolute atomic E-state index is 11.3. The molecule has 0 radical (unpaired) electrons. The lowest BCUT2D eigenvalue weighted by Gasteiger charge is -2.05. The Hall–Kier alpha value is -0.600. The van der Waals surface area contributed by atoms with Crippen LogP contribution in [0.5, 0.6) is 5.06 Å². The molecule has 0 bridgehead atoms. The van der Waals surface area contributed by atoms with Crippen molar-refractivity contribution in [1.82, 2.24) is 0 Å².